The van der Waals surface area contributed by atoms with Crippen molar-refractivity contribution >= 4 is 11.9 Å². The Morgan fingerprint density at radius 2 is 1.81 bits per heavy atom. The number of nitrogens with zero attached hydrogens (tertiary/aromatic N) is 1. The molecule has 11 heteroatoms. The van der Waals surface area contributed by atoms with Gasteiger partial charge in [0, 0.05) is 31.2 Å². The first kappa shape index (κ1) is 20.0. The minimum absolute atomic E-state index is 0.0606. The van der Waals surface area contributed by atoms with E-state index < -0.39 is 23.9 Å². The summed E-state index contributed by atoms with van der Waals surface area (Å²) in [4.78, 5) is 22.8. The third-order valence-electron chi connectivity index (χ3n) is 3.98. The third-order valence-corrected chi connectivity index (χ3v) is 3.98. The van der Waals surface area contributed by atoms with E-state index in [9.17, 15) is 31.1 Å². The van der Waals surface area contributed by atoms with Crippen molar-refractivity contribution in [3.05, 3.63) is 34.9 Å². The minimum Gasteiger partial charge on any atom is -0.475 e. The number of fused-ring (bicyclic) bond motifs is 2. The maximum absolute atomic E-state index is 12.7. The number of carboxylic acids is 1. The Morgan fingerprint density at radius 1 is 1.19 bits per heavy atom. The molecule has 3 rings (SSSR count). The van der Waals surface area contributed by atoms with Gasteiger partial charge < -0.3 is 15.3 Å². The summed E-state index contributed by atoms with van der Waals surface area (Å²) in [7, 11) is 0. The van der Waals surface area contributed by atoms with Crippen molar-refractivity contribution < 1.29 is 41.0 Å². The quantitative estimate of drug-likeness (QED) is 0.674. The Balaban J connectivity index is 0.000000298. The molecule has 0 spiro atoms. The molecule has 0 aromatic heterocycles. The summed E-state index contributed by atoms with van der Waals surface area (Å²) in [6.07, 6.45) is -8.87. The molecule has 1 fully saturated rings. The monoisotopic (exact) mass is 384 g/mol. The van der Waals surface area contributed by atoms with Crippen LogP contribution in [-0.2, 0) is 17.4 Å². The molecule has 26 heavy (non-hydrogen) atoms. The van der Waals surface area contributed by atoms with Crippen LogP contribution in [0.3, 0.4) is 0 Å². The van der Waals surface area contributed by atoms with Crippen LogP contribution in [-0.4, -0.2) is 53.7 Å². The van der Waals surface area contributed by atoms with Gasteiger partial charge in [0.15, 0.2) is 0 Å². The molecule has 1 atom stereocenters. The summed E-state index contributed by atoms with van der Waals surface area (Å²) in [6, 6.07) is 3.53. The summed E-state index contributed by atoms with van der Waals surface area (Å²) >= 11 is 0. The molecule has 0 unspecified atom stereocenters. The van der Waals surface area contributed by atoms with Gasteiger partial charge in [-0.3, -0.25) is 4.79 Å². The van der Waals surface area contributed by atoms with E-state index in [-0.39, 0.29) is 17.5 Å². The van der Waals surface area contributed by atoms with Gasteiger partial charge in [-0.15, -0.1) is 0 Å². The van der Waals surface area contributed by atoms with E-state index in [0.29, 0.717) is 31.6 Å². The number of halogens is 6. The lowest BCUT2D eigenvalue weighted by Gasteiger charge is -2.40. The van der Waals surface area contributed by atoms with Gasteiger partial charge in [0.2, 0.25) is 0 Å². The van der Waals surface area contributed by atoms with Crippen LogP contribution >= 0.6 is 0 Å². The molecular formula is C15H14F6N2O3. The number of carbonyl (C=O) groups excluding carboxylic acids is 1. The number of aliphatic carboxylic acids is 1. The molecule has 1 saturated heterocycles. The maximum atomic E-state index is 12.7. The lowest BCUT2D eigenvalue weighted by molar-refractivity contribution is -0.192. The summed E-state index contributed by atoms with van der Waals surface area (Å²) in [5.41, 5.74) is 0.157. The van der Waals surface area contributed by atoms with Crippen molar-refractivity contribution in [3.8, 4) is 0 Å². The van der Waals surface area contributed by atoms with Gasteiger partial charge >= 0.3 is 18.3 Å². The van der Waals surface area contributed by atoms with Crippen LogP contribution in [0.2, 0.25) is 0 Å². The number of hydrogen-bond acceptors (Lipinski definition) is 3. The van der Waals surface area contributed by atoms with Crippen molar-refractivity contribution in [2.45, 2.75) is 24.8 Å². The second-order valence-electron chi connectivity index (χ2n) is 5.73. The topological polar surface area (TPSA) is 69.6 Å². The van der Waals surface area contributed by atoms with E-state index in [4.69, 9.17) is 9.90 Å². The lowest BCUT2D eigenvalue weighted by atomic mass is 9.91. The Hall–Kier alpha value is -2.30. The number of benzene rings is 1. The number of carboxylic acid groups (broad SMARTS) is 1. The zero-order chi connectivity index (χ0) is 19.7. The van der Waals surface area contributed by atoms with Gasteiger partial charge in [0.05, 0.1) is 5.56 Å². The highest BCUT2D eigenvalue weighted by atomic mass is 19.4. The number of carbonyl (C=O) groups is 2. The van der Waals surface area contributed by atoms with Gasteiger partial charge in [-0.1, -0.05) is 6.07 Å². The molecule has 1 aromatic rings. The summed E-state index contributed by atoms with van der Waals surface area (Å²) in [5.74, 6) is -3.04. The molecular weight excluding hydrogens is 370 g/mol. The highest BCUT2D eigenvalue weighted by molar-refractivity contribution is 5.97. The molecule has 2 N–H and O–H groups in total. The van der Waals surface area contributed by atoms with Crippen LogP contribution in [0.4, 0.5) is 26.3 Å². The largest absolute Gasteiger partial charge is 0.490 e. The Kier molecular flexibility index (Phi) is 5.49. The molecule has 5 nitrogen and oxygen atoms in total. The Morgan fingerprint density at radius 3 is 2.35 bits per heavy atom. The van der Waals surface area contributed by atoms with Crippen molar-refractivity contribution in [1.29, 1.82) is 0 Å². The second kappa shape index (κ2) is 7.14. The highest BCUT2D eigenvalue weighted by Gasteiger charge is 2.38. The fourth-order valence-electron chi connectivity index (χ4n) is 2.75. The van der Waals surface area contributed by atoms with Gasteiger partial charge in [0.25, 0.3) is 5.91 Å². The molecule has 2 aliphatic rings. The number of hydrogen-bond donors (Lipinski definition) is 2. The summed E-state index contributed by atoms with van der Waals surface area (Å²) < 4.78 is 69.8. The van der Waals surface area contributed by atoms with Crippen LogP contribution in [0, 0.1) is 0 Å². The second-order valence-corrected chi connectivity index (χ2v) is 5.73. The van der Waals surface area contributed by atoms with Crippen molar-refractivity contribution in [2.75, 3.05) is 19.6 Å². The van der Waals surface area contributed by atoms with E-state index >= 15 is 0 Å². The van der Waals surface area contributed by atoms with E-state index in [1.165, 1.54) is 6.07 Å². The smallest absolute Gasteiger partial charge is 0.475 e. The van der Waals surface area contributed by atoms with Crippen LogP contribution in [0.5, 0.6) is 0 Å². The first-order valence-corrected chi connectivity index (χ1v) is 7.43. The molecule has 144 valence electrons. The van der Waals surface area contributed by atoms with Crippen LogP contribution < -0.4 is 5.32 Å². The lowest BCUT2D eigenvalue weighted by Crippen LogP contribution is -2.56. The standard InChI is InChI=1S/C13H13F3N2O.C2HF3O2/c14-13(15,16)9-2-1-8-5-10-7-17-3-4-18(10)12(19)11(8)6-9;3-2(4,5)1(6)7/h1-2,6,10,17H,3-5,7H2;(H,6,7)/t10-;/m1./s1. The Labute approximate surface area is 143 Å². The fraction of sp³-hybridized carbons (Fsp3) is 0.467. The van der Waals surface area contributed by atoms with Crippen LogP contribution in [0.25, 0.3) is 0 Å². The van der Waals surface area contributed by atoms with E-state index in [2.05, 4.69) is 5.32 Å². The van der Waals surface area contributed by atoms with Crippen molar-refractivity contribution in [1.82, 2.24) is 10.2 Å². The minimum atomic E-state index is -5.08. The van der Waals surface area contributed by atoms with Gasteiger partial charge in [-0.2, -0.15) is 26.3 Å². The molecule has 0 radical (unpaired) electrons. The average molecular weight is 384 g/mol. The molecule has 1 aromatic carbocycles. The zero-order valence-electron chi connectivity index (χ0n) is 13.1. The van der Waals surface area contributed by atoms with E-state index in [1.807, 2.05) is 0 Å². The first-order chi connectivity index (χ1) is 11.9. The predicted octanol–water partition coefficient (Wildman–Crippen LogP) is 2.31. The van der Waals surface area contributed by atoms with Crippen LogP contribution in [0.15, 0.2) is 18.2 Å². The van der Waals surface area contributed by atoms with Crippen molar-refractivity contribution in [3.63, 3.8) is 0 Å². The molecule has 0 bridgehead atoms. The SMILES string of the molecule is O=C(O)C(F)(F)F.O=C1c2cc(C(F)(F)F)ccc2C[C@@H]2CNCCN12. The molecule has 1 amide bonds. The molecule has 2 heterocycles. The van der Waals surface area contributed by atoms with E-state index in [0.717, 1.165) is 12.1 Å². The molecule has 0 aliphatic carbocycles. The average Bonchev–Trinajstić information content (AvgIpc) is 2.53. The van der Waals surface area contributed by atoms with Gasteiger partial charge in [-0.05, 0) is 24.1 Å². The maximum Gasteiger partial charge on any atom is 0.490 e. The van der Waals surface area contributed by atoms with Gasteiger partial charge in [-0.25, -0.2) is 4.79 Å². The Bertz CT molecular complexity index is 702. The van der Waals surface area contributed by atoms with E-state index in [1.54, 1.807) is 4.90 Å². The normalized spacial score (nSPS) is 19.8. The first-order valence-electron chi connectivity index (χ1n) is 7.43. The number of alkyl halides is 6. The molecule has 0 saturated carbocycles. The third kappa shape index (κ3) is 4.45. The number of rotatable bonds is 0. The fourth-order valence-corrected chi connectivity index (χ4v) is 2.75. The zero-order valence-corrected chi connectivity index (χ0v) is 13.1. The molecule has 2 aliphatic heterocycles. The summed E-state index contributed by atoms with van der Waals surface area (Å²) in [6.45, 7) is 1.95. The van der Waals surface area contributed by atoms with Crippen molar-refractivity contribution in [2.24, 2.45) is 0 Å². The van der Waals surface area contributed by atoms with Gasteiger partial charge in [0.1, 0.15) is 0 Å². The number of nitrogens with one attached hydrogen (secondary N) is 1. The van der Waals surface area contributed by atoms with Crippen LogP contribution in [0.1, 0.15) is 21.5 Å². The highest BCUT2D eigenvalue weighted by Crippen LogP contribution is 2.33. The predicted molar refractivity (Wildman–Crippen MR) is 76.5 cm³/mol. The number of amides is 1. The summed E-state index contributed by atoms with van der Waals surface area (Å²) in [5, 5.41) is 10.3. The number of piperazine rings is 1.